The third-order valence-corrected chi connectivity index (χ3v) is 1.81. The van der Waals surface area contributed by atoms with Crippen LogP contribution in [-0.4, -0.2) is 17.4 Å². The number of amidine groups is 1. The van der Waals surface area contributed by atoms with Crippen molar-refractivity contribution in [2.45, 2.75) is 20.8 Å². The maximum absolute atomic E-state index is 8.64. The highest BCUT2D eigenvalue weighted by atomic mass is 15.4. The van der Waals surface area contributed by atoms with Crippen LogP contribution in [0.1, 0.15) is 20.8 Å². The van der Waals surface area contributed by atoms with E-state index in [1.165, 1.54) is 11.2 Å². The first-order chi connectivity index (χ1) is 7.42. The third kappa shape index (κ3) is 4.62. The first kappa shape index (κ1) is 14.2. The zero-order valence-corrected chi connectivity index (χ0v) is 10.1. The van der Waals surface area contributed by atoms with Gasteiger partial charge in [-0.2, -0.15) is 5.26 Å². The molecule has 0 radical (unpaired) electrons. The maximum Gasteiger partial charge on any atom is 0.148 e. The lowest BCUT2D eigenvalue weighted by atomic mass is 10.2. The second kappa shape index (κ2) is 6.64. The minimum atomic E-state index is 0.107. The Kier molecular flexibility index (Phi) is 5.89. The second-order valence-corrected chi connectivity index (χ2v) is 3.89. The van der Waals surface area contributed by atoms with Crippen LogP contribution in [0.4, 0.5) is 0 Å². The number of hydrogen-bond acceptors (Lipinski definition) is 4. The van der Waals surface area contributed by atoms with Gasteiger partial charge in [-0.05, 0) is 12.8 Å². The summed E-state index contributed by atoms with van der Waals surface area (Å²) in [6.45, 7) is 9.98. The normalized spacial score (nSPS) is 12.5. The number of hydrogen-bond donors (Lipinski definition) is 2. The molecule has 0 aliphatic carbocycles. The summed E-state index contributed by atoms with van der Waals surface area (Å²) in [5, 5.41) is 10.1. The summed E-state index contributed by atoms with van der Waals surface area (Å²) in [5.74, 6) is 6.71. The van der Waals surface area contributed by atoms with Gasteiger partial charge >= 0.3 is 0 Å². The molecule has 0 aromatic rings. The minimum Gasteiger partial charge on any atom is -0.404 e. The number of hydrazine groups is 1. The largest absolute Gasteiger partial charge is 0.404 e. The Morgan fingerprint density at radius 2 is 2.19 bits per heavy atom. The van der Waals surface area contributed by atoms with Gasteiger partial charge in [0.15, 0.2) is 0 Å². The Balaban J connectivity index is 5.04. The van der Waals surface area contributed by atoms with E-state index in [9.17, 15) is 0 Å². The van der Waals surface area contributed by atoms with Gasteiger partial charge in [-0.1, -0.05) is 20.4 Å². The fourth-order valence-electron chi connectivity index (χ4n) is 1.09. The first-order valence-electron chi connectivity index (χ1n) is 5.01. The summed E-state index contributed by atoms with van der Waals surface area (Å²) in [5.41, 5.74) is 6.24. The standard InChI is InChI=1S/C11H19N5/c1-8(2)7-16(14)11(9(3)5-12)15-10(4)6-13/h5,8H,4,7,12,14H2,1-3H3/b9-5-,15-11+. The van der Waals surface area contributed by atoms with Gasteiger partial charge in [-0.3, -0.25) is 5.01 Å². The van der Waals surface area contributed by atoms with Gasteiger partial charge in [0.1, 0.15) is 17.6 Å². The van der Waals surface area contributed by atoms with Gasteiger partial charge in [0.25, 0.3) is 0 Å². The van der Waals surface area contributed by atoms with E-state index in [1.807, 2.05) is 19.9 Å². The van der Waals surface area contributed by atoms with Crippen LogP contribution in [-0.2, 0) is 0 Å². The van der Waals surface area contributed by atoms with Crippen LogP contribution in [0.2, 0.25) is 0 Å². The number of rotatable bonds is 4. The van der Waals surface area contributed by atoms with Crippen molar-refractivity contribution < 1.29 is 0 Å². The van der Waals surface area contributed by atoms with Crippen molar-refractivity contribution in [3.05, 3.63) is 24.0 Å². The quantitative estimate of drug-likeness (QED) is 0.244. The van der Waals surface area contributed by atoms with Crippen molar-refractivity contribution >= 4 is 5.84 Å². The Labute approximate surface area is 96.7 Å². The summed E-state index contributed by atoms with van der Waals surface area (Å²) in [6.07, 6.45) is 1.41. The molecule has 0 heterocycles. The van der Waals surface area contributed by atoms with Crippen molar-refractivity contribution in [2.75, 3.05) is 6.54 Å². The average molecular weight is 221 g/mol. The van der Waals surface area contributed by atoms with Crippen LogP contribution < -0.4 is 11.6 Å². The minimum absolute atomic E-state index is 0.107. The highest BCUT2D eigenvalue weighted by Crippen LogP contribution is 2.05. The maximum atomic E-state index is 8.64. The van der Waals surface area contributed by atoms with Crippen LogP contribution in [0.3, 0.4) is 0 Å². The smallest absolute Gasteiger partial charge is 0.148 e. The summed E-state index contributed by atoms with van der Waals surface area (Å²) < 4.78 is 0. The molecule has 5 nitrogen and oxygen atoms in total. The summed E-state index contributed by atoms with van der Waals surface area (Å²) in [4.78, 5) is 4.03. The predicted octanol–water partition coefficient (Wildman–Crippen LogP) is 1.12. The molecule has 0 amide bonds. The molecule has 0 saturated heterocycles. The van der Waals surface area contributed by atoms with Gasteiger partial charge in [-0.15, -0.1) is 0 Å². The molecule has 0 aromatic heterocycles. The SMILES string of the molecule is C=C(C#N)/N=C(\C(C)=C/N)N(N)CC(C)C. The van der Waals surface area contributed by atoms with E-state index in [0.717, 1.165) is 0 Å². The zero-order chi connectivity index (χ0) is 12.7. The lowest BCUT2D eigenvalue weighted by molar-refractivity contribution is 0.378. The predicted molar refractivity (Wildman–Crippen MR) is 65.9 cm³/mol. The molecule has 4 N–H and O–H groups in total. The van der Waals surface area contributed by atoms with Gasteiger partial charge in [0, 0.05) is 18.3 Å². The van der Waals surface area contributed by atoms with Crippen LogP contribution in [0.5, 0.6) is 0 Å². The Hall–Kier alpha value is -1.80. The fourth-order valence-corrected chi connectivity index (χ4v) is 1.09. The van der Waals surface area contributed by atoms with Crippen molar-refractivity contribution in [2.24, 2.45) is 22.5 Å². The molecule has 0 fully saturated rings. The number of allylic oxidation sites excluding steroid dienone is 1. The van der Waals surface area contributed by atoms with Crippen molar-refractivity contribution in [3.63, 3.8) is 0 Å². The van der Waals surface area contributed by atoms with E-state index >= 15 is 0 Å². The summed E-state index contributed by atoms with van der Waals surface area (Å²) in [6, 6.07) is 1.85. The van der Waals surface area contributed by atoms with E-state index < -0.39 is 0 Å². The molecule has 0 rings (SSSR count). The van der Waals surface area contributed by atoms with E-state index in [4.69, 9.17) is 16.8 Å². The van der Waals surface area contributed by atoms with Gasteiger partial charge in [-0.25, -0.2) is 10.8 Å². The molecule has 0 bridgehead atoms. The lowest BCUT2D eigenvalue weighted by Crippen LogP contribution is -2.40. The first-order valence-corrected chi connectivity index (χ1v) is 5.01. The molecule has 88 valence electrons. The number of aliphatic imine (C=N–C) groups is 1. The summed E-state index contributed by atoms with van der Waals surface area (Å²) in [7, 11) is 0. The molecular formula is C11H19N5. The van der Waals surface area contributed by atoms with E-state index in [2.05, 4.69) is 11.6 Å². The lowest BCUT2D eigenvalue weighted by Gasteiger charge is -2.22. The van der Waals surface area contributed by atoms with Crippen LogP contribution in [0.25, 0.3) is 0 Å². The number of nitriles is 1. The van der Waals surface area contributed by atoms with E-state index in [1.54, 1.807) is 6.92 Å². The molecule has 16 heavy (non-hydrogen) atoms. The molecule has 0 aliphatic heterocycles. The molecular weight excluding hydrogens is 202 g/mol. The van der Waals surface area contributed by atoms with Gasteiger partial charge < -0.3 is 5.73 Å². The Morgan fingerprint density at radius 1 is 1.62 bits per heavy atom. The molecule has 0 atom stereocenters. The highest BCUT2D eigenvalue weighted by molar-refractivity contribution is 5.98. The molecule has 0 aromatic carbocycles. The molecule has 0 saturated carbocycles. The molecule has 0 unspecified atom stereocenters. The monoisotopic (exact) mass is 221 g/mol. The topological polar surface area (TPSA) is 91.4 Å². The number of nitrogens with zero attached hydrogens (tertiary/aromatic N) is 3. The second-order valence-electron chi connectivity index (χ2n) is 3.89. The fraction of sp³-hybridized carbons (Fsp3) is 0.455. The number of nitrogens with two attached hydrogens (primary N) is 2. The average Bonchev–Trinajstić information content (AvgIpc) is 2.23. The molecule has 0 aliphatic rings. The third-order valence-electron chi connectivity index (χ3n) is 1.81. The van der Waals surface area contributed by atoms with Crippen LogP contribution in [0, 0.1) is 17.2 Å². The van der Waals surface area contributed by atoms with Gasteiger partial charge in [0.2, 0.25) is 0 Å². The van der Waals surface area contributed by atoms with E-state index in [0.29, 0.717) is 23.9 Å². The van der Waals surface area contributed by atoms with Crippen LogP contribution in [0.15, 0.2) is 29.0 Å². The Morgan fingerprint density at radius 3 is 2.56 bits per heavy atom. The highest BCUT2D eigenvalue weighted by Gasteiger charge is 2.11. The summed E-state index contributed by atoms with van der Waals surface area (Å²) >= 11 is 0. The van der Waals surface area contributed by atoms with Gasteiger partial charge in [0.05, 0.1) is 0 Å². The van der Waals surface area contributed by atoms with E-state index in [-0.39, 0.29) is 5.70 Å². The zero-order valence-electron chi connectivity index (χ0n) is 10.1. The molecule has 0 spiro atoms. The van der Waals surface area contributed by atoms with Crippen molar-refractivity contribution in [1.82, 2.24) is 5.01 Å². The van der Waals surface area contributed by atoms with Crippen LogP contribution >= 0.6 is 0 Å². The molecule has 5 heteroatoms. The van der Waals surface area contributed by atoms with Crippen molar-refractivity contribution in [3.8, 4) is 6.07 Å². The van der Waals surface area contributed by atoms with Crippen molar-refractivity contribution in [1.29, 1.82) is 5.26 Å². The Bertz CT molecular complexity index is 346.